The molecule has 0 heterocycles. The van der Waals surface area contributed by atoms with Crippen molar-refractivity contribution >= 4 is 47.4 Å². The molecule has 172 valence electrons. The molecule has 0 aliphatic carbocycles. The van der Waals surface area contributed by atoms with Gasteiger partial charge < -0.3 is 11.1 Å². The van der Waals surface area contributed by atoms with Crippen LogP contribution in [0.1, 0.15) is 6.92 Å². The Morgan fingerprint density at radius 3 is 1.55 bits per heavy atom. The van der Waals surface area contributed by atoms with Gasteiger partial charge in [-0.05, 0) is 24.3 Å². The van der Waals surface area contributed by atoms with Gasteiger partial charge in [-0.15, -0.1) is 4.79 Å². The molecule has 0 aliphatic rings. The lowest BCUT2D eigenvalue weighted by Gasteiger charge is -1.97. The quantitative estimate of drug-likeness (QED) is 0.139. The van der Waals surface area contributed by atoms with Crippen molar-refractivity contribution in [2.24, 2.45) is 0 Å². The van der Waals surface area contributed by atoms with Crippen LogP contribution in [-0.4, -0.2) is 52.6 Å². The molecule has 2 aromatic rings. The van der Waals surface area contributed by atoms with Crippen molar-refractivity contribution in [3.05, 3.63) is 79.8 Å². The Morgan fingerprint density at radius 2 is 1.24 bits per heavy atom. The van der Waals surface area contributed by atoms with Gasteiger partial charge in [-0.1, -0.05) is 0 Å². The van der Waals surface area contributed by atoms with Crippen LogP contribution in [0.15, 0.2) is 58.3 Å². The van der Waals surface area contributed by atoms with E-state index < -0.39 is 40.3 Å². The molecule has 0 saturated carbocycles. The third kappa shape index (κ3) is 6.78. The summed E-state index contributed by atoms with van der Waals surface area (Å²) in [5.41, 5.74) is 16.5. The van der Waals surface area contributed by atoms with Crippen LogP contribution < -0.4 is 0 Å². The number of hydrogen-bond donors (Lipinski definition) is 0. The zero-order valence-corrected chi connectivity index (χ0v) is 18.0. The second kappa shape index (κ2) is 10.7. The van der Waals surface area contributed by atoms with E-state index in [9.17, 15) is 41.9 Å². The van der Waals surface area contributed by atoms with Crippen LogP contribution in [-0.2, 0) is 24.5 Å². The van der Waals surface area contributed by atoms with Crippen LogP contribution >= 0.6 is 0 Å². The molecule has 0 N–H and O–H groups in total. The normalized spacial score (nSPS) is 10.5. The summed E-state index contributed by atoms with van der Waals surface area (Å²) in [5, 5.41) is 19.7. The van der Waals surface area contributed by atoms with E-state index in [2.05, 4.69) is 9.58 Å². The van der Waals surface area contributed by atoms with Gasteiger partial charge in [0.05, 0.1) is 19.6 Å². The monoisotopic (exact) mass is 496 g/mol. The summed E-state index contributed by atoms with van der Waals surface area (Å²) in [4.78, 5) is 34.6. The molecule has 0 saturated heterocycles. The molecule has 0 aromatic heterocycles. The number of benzene rings is 2. The molecular formula is C16H12N6O9S2. The molecule has 15 nitrogen and oxygen atoms in total. The largest absolute Gasteiger partial charge is 0.451 e. The number of nitrogens with zero attached hydrogens (tertiary/aromatic N) is 6. The fourth-order valence-corrected chi connectivity index (χ4v) is 4.02. The number of nitro groups is 2. The molecule has 0 unspecified atom stereocenters. The number of hydrogen-bond acceptors (Lipinski definition) is 9. The highest BCUT2D eigenvalue weighted by molar-refractivity contribution is 8.08. The minimum absolute atomic E-state index is 0.175. The highest BCUT2D eigenvalue weighted by Gasteiger charge is 2.34. The first-order valence-electron chi connectivity index (χ1n) is 8.17. The van der Waals surface area contributed by atoms with E-state index in [1.807, 2.05) is 0 Å². The zero-order valence-electron chi connectivity index (χ0n) is 16.4. The number of carbonyl (C=O) groups is 1. The van der Waals surface area contributed by atoms with Crippen LogP contribution in [0.5, 0.6) is 0 Å². The standard InChI is InChI=1S/C9H7N3O5S.C7H5N3O4S/c1-6(13)9(11-10)18(16,17)8-4-2-7(3-5-8)12(14)15;8-9-5-15(13,14)7-3-1-6(2-4-7)10(11)12/h2-5H,1H3;1-5H. The van der Waals surface area contributed by atoms with Crippen molar-refractivity contribution in [1.29, 1.82) is 0 Å². The lowest BCUT2D eigenvalue weighted by molar-refractivity contribution is -0.385. The van der Waals surface area contributed by atoms with Crippen molar-refractivity contribution in [3.8, 4) is 0 Å². The Labute approximate surface area is 185 Å². The van der Waals surface area contributed by atoms with Crippen molar-refractivity contribution in [2.45, 2.75) is 16.7 Å². The molecule has 0 spiro atoms. The number of nitro benzene ring substituents is 2. The van der Waals surface area contributed by atoms with Gasteiger partial charge in [-0.2, -0.15) is 4.79 Å². The molecule has 0 radical (unpaired) electrons. The maximum Gasteiger partial charge on any atom is 0.451 e. The maximum absolute atomic E-state index is 11.8. The van der Waals surface area contributed by atoms with Crippen LogP contribution in [0.2, 0.25) is 0 Å². The summed E-state index contributed by atoms with van der Waals surface area (Å²) in [5.74, 6) is -0.934. The van der Waals surface area contributed by atoms with Crippen molar-refractivity contribution in [2.75, 3.05) is 0 Å². The van der Waals surface area contributed by atoms with Crippen LogP contribution in [0.3, 0.4) is 0 Å². The predicted molar refractivity (Wildman–Crippen MR) is 110 cm³/mol. The smallest absolute Gasteiger partial charge is 0.361 e. The molecular weight excluding hydrogens is 484 g/mol. The first-order chi connectivity index (χ1) is 15.3. The fraction of sp³-hybridized carbons (Fsp3) is 0.0625. The zero-order chi connectivity index (χ0) is 25.4. The Bertz CT molecular complexity index is 1400. The minimum Gasteiger partial charge on any atom is -0.361 e. The molecule has 2 aromatic carbocycles. The van der Waals surface area contributed by atoms with E-state index in [0.717, 1.165) is 55.5 Å². The number of sulfone groups is 2. The minimum atomic E-state index is -4.26. The first kappa shape index (κ1) is 26.6. The molecule has 0 amide bonds. The molecule has 33 heavy (non-hydrogen) atoms. The van der Waals surface area contributed by atoms with E-state index in [1.54, 1.807) is 0 Å². The highest BCUT2D eigenvalue weighted by atomic mass is 32.2. The van der Waals surface area contributed by atoms with Gasteiger partial charge in [0.1, 0.15) is 0 Å². The van der Waals surface area contributed by atoms with E-state index in [1.165, 1.54) is 0 Å². The predicted octanol–water partition coefficient (Wildman–Crippen LogP) is 1.21. The lowest BCUT2D eigenvalue weighted by atomic mass is 10.3. The average molecular weight is 496 g/mol. The van der Waals surface area contributed by atoms with Gasteiger partial charge in [-0.25, -0.2) is 16.8 Å². The summed E-state index contributed by atoms with van der Waals surface area (Å²) in [7, 11) is -8.08. The van der Waals surface area contributed by atoms with E-state index in [0.29, 0.717) is 5.55 Å². The third-order valence-electron chi connectivity index (χ3n) is 3.57. The Kier molecular flexibility index (Phi) is 8.66. The molecule has 2 rings (SSSR count). The Balaban J connectivity index is 0.000000335. The van der Waals surface area contributed by atoms with Crippen molar-refractivity contribution < 1.29 is 41.1 Å². The highest BCUT2D eigenvalue weighted by Crippen LogP contribution is 2.18. The lowest BCUT2D eigenvalue weighted by Crippen LogP contribution is -2.23. The number of rotatable bonds is 6. The van der Waals surface area contributed by atoms with Crippen LogP contribution in [0, 0.1) is 20.2 Å². The van der Waals surface area contributed by atoms with Gasteiger partial charge in [-0.3, -0.25) is 25.0 Å². The Morgan fingerprint density at radius 1 is 0.848 bits per heavy atom. The topological polar surface area (TPSA) is 244 Å². The average Bonchev–Trinajstić information content (AvgIpc) is 2.74. The van der Waals surface area contributed by atoms with Gasteiger partial charge in [0.15, 0.2) is 0 Å². The number of ketones is 1. The number of carbonyl (C=O) groups excluding carboxylic acids is 1. The molecule has 17 heteroatoms. The van der Waals surface area contributed by atoms with Gasteiger partial charge in [0, 0.05) is 31.2 Å². The molecule has 0 bridgehead atoms. The summed E-state index contributed by atoms with van der Waals surface area (Å²) in [6.45, 7) is 0.929. The summed E-state index contributed by atoms with van der Waals surface area (Å²) >= 11 is 0. The summed E-state index contributed by atoms with van der Waals surface area (Å²) < 4.78 is 46.1. The SMILES string of the molecule is CC(=O)C(=[N+]=[N-])S(=O)(=O)c1ccc([N+](=O)[O-])cc1.[N-]=[N+]=CS(=O)(=O)c1ccc([N+](=O)[O-])cc1. The van der Waals surface area contributed by atoms with E-state index in [-0.39, 0.29) is 21.2 Å². The molecule has 0 atom stereocenters. The molecule has 0 aliphatic heterocycles. The fourth-order valence-electron chi connectivity index (χ4n) is 2.05. The second-order valence-electron chi connectivity index (χ2n) is 5.73. The van der Waals surface area contributed by atoms with E-state index >= 15 is 0 Å². The van der Waals surface area contributed by atoms with Crippen molar-refractivity contribution in [1.82, 2.24) is 0 Å². The summed E-state index contributed by atoms with van der Waals surface area (Å²) in [6.07, 6.45) is 0. The van der Waals surface area contributed by atoms with E-state index in [4.69, 9.17) is 11.1 Å². The van der Waals surface area contributed by atoms with Gasteiger partial charge >= 0.3 is 10.6 Å². The van der Waals surface area contributed by atoms with Gasteiger partial charge in [0.2, 0.25) is 0 Å². The number of non-ortho nitro benzene ring substituents is 2. The Hall–Kier alpha value is -4.43. The van der Waals surface area contributed by atoms with Crippen molar-refractivity contribution in [3.63, 3.8) is 0 Å². The first-order valence-corrected chi connectivity index (χ1v) is 11.2. The molecule has 0 fully saturated rings. The third-order valence-corrected chi connectivity index (χ3v) is 6.64. The summed E-state index contributed by atoms with van der Waals surface area (Å²) in [6, 6.07) is 8.10. The van der Waals surface area contributed by atoms with Crippen LogP contribution in [0.25, 0.3) is 11.1 Å². The maximum atomic E-state index is 11.8. The number of Topliss-reactive ketones (excluding diaryl/α,β-unsaturated/α-hetero) is 1. The second-order valence-corrected chi connectivity index (χ2v) is 9.37. The van der Waals surface area contributed by atoms with Crippen LogP contribution in [0.4, 0.5) is 11.4 Å². The van der Waals surface area contributed by atoms with Gasteiger partial charge in [0.25, 0.3) is 36.8 Å².